The summed E-state index contributed by atoms with van der Waals surface area (Å²) in [6.45, 7) is 3.14. The quantitative estimate of drug-likeness (QED) is 0.551. The monoisotopic (exact) mass is 433 g/mol. The topological polar surface area (TPSA) is 60.0 Å². The molecule has 0 saturated carbocycles. The highest BCUT2D eigenvalue weighted by Gasteiger charge is 2.41. The fraction of sp³-hybridized carbons (Fsp3) is 0.500. The number of rotatable bonds is 10. The lowest BCUT2D eigenvalue weighted by atomic mass is 9.79. The summed E-state index contributed by atoms with van der Waals surface area (Å²) in [6.07, 6.45) is 1.90. The first kappa shape index (κ1) is 23.2. The van der Waals surface area contributed by atoms with Gasteiger partial charge in [-0.15, -0.1) is 0 Å². The normalized spacial score (nSPS) is 18.9. The van der Waals surface area contributed by atoms with Gasteiger partial charge in [0.1, 0.15) is 11.7 Å². The van der Waals surface area contributed by atoms with E-state index in [9.17, 15) is 5.11 Å². The van der Waals surface area contributed by atoms with E-state index in [1.807, 2.05) is 36.4 Å². The number of halogens is 1. The van der Waals surface area contributed by atoms with Crippen molar-refractivity contribution >= 4 is 11.6 Å². The molecule has 0 aromatic heterocycles. The van der Waals surface area contributed by atoms with E-state index in [1.54, 1.807) is 14.2 Å². The highest BCUT2D eigenvalue weighted by molar-refractivity contribution is 6.33. The molecule has 2 aromatic carbocycles. The minimum atomic E-state index is -1.17. The molecular formula is C24H32ClNO4. The Balaban J connectivity index is 2.04. The third-order valence-electron chi connectivity index (χ3n) is 5.62. The van der Waals surface area contributed by atoms with Gasteiger partial charge in [0.2, 0.25) is 0 Å². The first-order valence-corrected chi connectivity index (χ1v) is 10.9. The lowest BCUT2D eigenvalue weighted by Gasteiger charge is -2.40. The molecule has 1 aliphatic heterocycles. The van der Waals surface area contributed by atoms with Crippen LogP contribution in [0.15, 0.2) is 42.5 Å². The molecule has 5 nitrogen and oxygen atoms in total. The number of nitrogens with one attached hydrogen (secondary N) is 1. The molecular weight excluding hydrogens is 402 g/mol. The predicted octanol–water partition coefficient (Wildman–Crippen LogP) is 4.15. The van der Waals surface area contributed by atoms with E-state index in [0.29, 0.717) is 37.8 Å². The number of unbranched alkanes of at least 4 members (excludes halogenated alkanes) is 1. The van der Waals surface area contributed by atoms with E-state index in [-0.39, 0.29) is 6.10 Å². The number of morpholine rings is 1. The zero-order chi connectivity index (χ0) is 21.4. The van der Waals surface area contributed by atoms with Crippen LogP contribution in [0.1, 0.15) is 30.4 Å². The second kappa shape index (κ2) is 11.2. The van der Waals surface area contributed by atoms with E-state index in [4.69, 9.17) is 25.8 Å². The van der Waals surface area contributed by atoms with Crippen molar-refractivity contribution in [1.29, 1.82) is 0 Å². The third kappa shape index (κ3) is 5.41. The van der Waals surface area contributed by atoms with Crippen LogP contribution in [-0.2, 0) is 26.4 Å². The summed E-state index contributed by atoms with van der Waals surface area (Å²) >= 11 is 6.70. The molecule has 0 spiro atoms. The van der Waals surface area contributed by atoms with Crippen molar-refractivity contribution in [2.75, 3.05) is 40.5 Å². The molecule has 0 amide bonds. The SMILES string of the molecule is COCCCC[C@@](O)(c1cccc(Cl)c1-c1cccc(COC)c1)C1CNCCO1. The molecule has 1 aliphatic rings. The second-order valence-electron chi connectivity index (χ2n) is 7.73. The maximum Gasteiger partial charge on any atom is 0.118 e. The first-order chi connectivity index (χ1) is 14.6. The number of hydrogen-bond donors (Lipinski definition) is 2. The van der Waals surface area contributed by atoms with Crippen LogP contribution in [0.2, 0.25) is 5.02 Å². The van der Waals surface area contributed by atoms with Gasteiger partial charge >= 0.3 is 0 Å². The Morgan fingerprint density at radius 1 is 1.17 bits per heavy atom. The van der Waals surface area contributed by atoms with Crippen molar-refractivity contribution in [3.05, 3.63) is 58.6 Å². The summed E-state index contributed by atoms with van der Waals surface area (Å²) in [5.41, 5.74) is 2.50. The average molecular weight is 434 g/mol. The molecule has 0 aliphatic carbocycles. The molecule has 30 heavy (non-hydrogen) atoms. The third-order valence-corrected chi connectivity index (χ3v) is 5.94. The zero-order valence-electron chi connectivity index (χ0n) is 17.8. The number of hydrogen-bond acceptors (Lipinski definition) is 5. The molecule has 0 bridgehead atoms. The standard InChI is InChI=1S/C24H32ClNO4/c1-28-13-4-3-11-24(27,22-16-26-12-14-30-22)20-9-6-10-21(25)23(20)19-8-5-7-18(15-19)17-29-2/h5-10,15,22,26-27H,3-4,11-14,16-17H2,1-2H3/t22?,24-/m1/s1. The van der Waals surface area contributed by atoms with E-state index in [0.717, 1.165) is 41.6 Å². The summed E-state index contributed by atoms with van der Waals surface area (Å²) < 4.78 is 16.5. The molecule has 1 fully saturated rings. The van der Waals surface area contributed by atoms with E-state index < -0.39 is 5.60 Å². The van der Waals surface area contributed by atoms with Gasteiger partial charge in [0.05, 0.1) is 13.2 Å². The van der Waals surface area contributed by atoms with E-state index >= 15 is 0 Å². The number of benzene rings is 2. The first-order valence-electron chi connectivity index (χ1n) is 10.5. The molecule has 1 heterocycles. The Bertz CT molecular complexity index is 810. The van der Waals surface area contributed by atoms with Crippen molar-refractivity contribution in [3.8, 4) is 11.1 Å². The van der Waals surface area contributed by atoms with Gasteiger partial charge in [-0.2, -0.15) is 0 Å². The molecule has 1 saturated heterocycles. The van der Waals surface area contributed by atoms with Crippen LogP contribution in [-0.4, -0.2) is 51.7 Å². The lowest BCUT2D eigenvalue weighted by Crippen LogP contribution is -2.51. The van der Waals surface area contributed by atoms with Gasteiger partial charge in [0.25, 0.3) is 0 Å². The summed E-state index contributed by atoms with van der Waals surface area (Å²) in [5, 5.41) is 16.0. The summed E-state index contributed by atoms with van der Waals surface area (Å²) in [5.74, 6) is 0. The van der Waals surface area contributed by atoms with Crippen molar-refractivity contribution in [1.82, 2.24) is 5.32 Å². The summed E-state index contributed by atoms with van der Waals surface area (Å²) in [4.78, 5) is 0. The Labute approximate surface area is 184 Å². The molecule has 2 aromatic rings. The van der Waals surface area contributed by atoms with Gasteiger partial charge in [-0.3, -0.25) is 0 Å². The fourth-order valence-electron chi connectivity index (χ4n) is 4.14. The van der Waals surface area contributed by atoms with Gasteiger partial charge in [-0.05, 0) is 48.1 Å². The lowest BCUT2D eigenvalue weighted by molar-refractivity contribution is -0.129. The van der Waals surface area contributed by atoms with Crippen LogP contribution >= 0.6 is 11.6 Å². The number of methoxy groups -OCH3 is 2. The number of ether oxygens (including phenoxy) is 3. The van der Waals surface area contributed by atoms with Gasteiger partial charge in [-0.1, -0.05) is 41.9 Å². The molecule has 1 unspecified atom stereocenters. The molecule has 2 N–H and O–H groups in total. The zero-order valence-corrected chi connectivity index (χ0v) is 18.6. The van der Waals surface area contributed by atoms with E-state index in [1.165, 1.54) is 0 Å². The van der Waals surface area contributed by atoms with Crippen LogP contribution in [0.25, 0.3) is 11.1 Å². The molecule has 0 radical (unpaired) electrons. The maximum atomic E-state index is 12.1. The Kier molecular flexibility index (Phi) is 8.69. The van der Waals surface area contributed by atoms with Crippen molar-refractivity contribution in [3.63, 3.8) is 0 Å². The van der Waals surface area contributed by atoms with Crippen molar-refractivity contribution in [2.45, 2.75) is 37.6 Å². The molecule has 164 valence electrons. The van der Waals surface area contributed by atoms with E-state index in [2.05, 4.69) is 11.4 Å². The second-order valence-corrected chi connectivity index (χ2v) is 8.14. The Morgan fingerprint density at radius 3 is 2.73 bits per heavy atom. The van der Waals surface area contributed by atoms with Gasteiger partial charge in [-0.25, -0.2) is 0 Å². The maximum absolute atomic E-state index is 12.1. The Hall–Kier alpha value is -1.47. The van der Waals surface area contributed by atoms with Gasteiger partial charge in [0.15, 0.2) is 0 Å². The van der Waals surface area contributed by atoms with Gasteiger partial charge in [0, 0.05) is 44.5 Å². The largest absolute Gasteiger partial charge is 0.385 e. The summed E-state index contributed by atoms with van der Waals surface area (Å²) in [6, 6.07) is 13.8. The minimum absolute atomic E-state index is 0.354. The van der Waals surface area contributed by atoms with Crippen LogP contribution in [0.4, 0.5) is 0 Å². The highest BCUT2D eigenvalue weighted by Crippen LogP contribution is 2.42. The highest BCUT2D eigenvalue weighted by atomic mass is 35.5. The number of aliphatic hydroxyl groups is 1. The molecule has 2 atom stereocenters. The Morgan fingerprint density at radius 2 is 2.00 bits per heavy atom. The smallest absolute Gasteiger partial charge is 0.118 e. The van der Waals surface area contributed by atoms with Crippen molar-refractivity contribution in [2.24, 2.45) is 0 Å². The summed E-state index contributed by atoms with van der Waals surface area (Å²) in [7, 11) is 3.38. The molecule has 3 rings (SSSR count). The van der Waals surface area contributed by atoms with Gasteiger partial charge < -0.3 is 24.6 Å². The van der Waals surface area contributed by atoms with Crippen LogP contribution in [0.5, 0.6) is 0 Å². The minimum Gasteiger partial charge on any atom is -0.385 e. The predicted molar refractivity (Wildman–Crippen MR) is 120 cm³/mol. The van der Waals surface area contributed by atoms with Crippen molar-refractivity contribution < 1.29 is 19.3 Å². The van der Waals surface area contributed by atoms with Crippen LogP contribution in [0.3, 0.4) is 0 Å². The molecule has 6 heteroatoms. The average Bonchev–Trinajstić information content (AvgIpc) is 2.77. The van der Waals surface area contributed by atoms with Crippen LogP contribution in [0, 0.1) is 0 Å². The van der Waals surface area contributed by atoms with Crippen LogP contribution < -0.4 is 5.32 Å². The fourth-order valence-corrected chi connectivity index (χ4v) is 4.43.